The third-order valence-corrected chi connectivity index (χ3v) is 4.26. The number of carbonyl (C=O) groups excluding carboxylic acids is 1. The molecule has 2 unspecified atom stereocenters. The molecular weight excluding hydrogens is 252 g/mol. The number of fused-ring (bicyclic) bond motifs is 1. The number of para-hydroxylation sites is 1. The Morgan fingerprint density at radius 2 is 2.25 bits per heavy atom. The van der Waals surface area contributed by atoms with Crippen LogP contribution in [0.25, 0.3) is 0 Å². The summed E-state index contributed by atoms with van der Waals surface area (Å²) in [7, 11) is 1.90. The van der Waals surface area contributed by atoms with E-state index in [4.69, 9.17) is 4.74 Å². The Hall–Kier alpha value is -1.55. The van der Waals surface area contributed by atoms with Crippen molar-refractivity contribution < 1.29 is 9.53 Å². The summed E-state index contributed by atoms with van der Waals surface area (Å²) in [6.07, 6.45) is 3.27. The Balaban J connectivity index is 1.70. The quantitative estimate of drug-likeness (QED) is 0.919. The lowest BCUT2D eigenvalue weighted by molar-refractivity contribution is -0.133. The summed E-state index contributed by atoms with van der Waals surface area (Å²) in [5.41, 5.74) is 2.23. The van der Waals surface area contributed by atoms with Crippen molar-refractivity contribution in [3.05, 3.63) is 29.8 Å². The third kappa shape index (κ3) is 2.66. The third-order valence-electron chi connectivity index (χ3n) is 4.26. The van der Waals surface area contributed by atoms with Crippen LogP contribution in [0.1, 0.15) is 30.7 Å². The highest BCUT2D eigenvalue weighted by Crippen LogP contribution is 2.32. The molecular formula is C16H22N2O2. The molecule has 2 aliphatic heterocycles. The van der Waals surface area contributed by atoms with Gasteiger partial charge in [0, 0.05) is 32.4 Å². The number of hydrogen-bond donors (Lipinski definition) is 1. The first-order valence-electron chi connectivity index (χ1n) is 7.45. The van der Waals surface area contributed by atoms with Gasteiger partial charge in [0.05, 0.1) is 12.0 Å². The minimum Gasteiger partial charge on any atom is -0.385 e. The normalized spacial score (nSPS) is 24.9. The molecule has 20 heavy (non-hydrogen) atoms. The van der Waals surface area contributed by atoms with E-state index in [1.807, 2.05) is 24.1 Å². The Kier molecular flexibility index (Phi) is 3.92. The molecule has 1 aromatic rings. The van der Waals surface area contributed by atoms with E-state index in [1.165, 1.54) is 0 Å². The van der Waals surface area contributed by atoms with E-state index >= 15 is 0 Å². The smallest absolute Gasteiger partial charge is 0.230 e. The molecule has 4 heteroatoms. The molecule has 2 aliphatic rings. The number of likely N-dealkylation sites (N-methyl/N-ethyl adjacent to an activating group) is 1. The highest BCUT2D eigenvalue weighted by atomic mass is 16.5. The summed E-state index contributed by atoms with van der Waals surface area (Å²) in [5, 5.41) is 3.36. The van der Waals surface area contributed by atoms with E-state index in [0.717, 1.165) is 43.7 Å². The zero-order chi connectivity index (χ0) is 13.9. The number of rotatable bonds is 3. The van der Waals surface area contributed by atoms with Crippen LogP contribution in [0.3, 0.4) is 0 Å². The van der Waals surface area contributed by atoms with E-state index in [-0.39, 0.29) is 17.9 Å². The summed E-state index contributed by atoms with van der Waals surface area (Å²) in [5.74, 6) is 0.202. The Labute approximate surface area is 120 Å². The van der Waals surface area contributed by atoms with Crippen LogP contribution in [-0.2, 0) is 9.53 Å². The van der Waals surface area contributed by atoms with Crippen LogP contribution in [0.4, 0.5) is 5.69 Å². The standard InChI is InChI=1S/C16H22N2O2/c1-18(11-12-5-4-10-20-12)16(19)14-8-9-17-15-7-3-2-6-13(14)15/h2-3,6-7,12,14,17H,4-5,8-11H2,1H3. The number of hydrogen-bond acceptors (Lipinski definition) is 3. The molecule has 0 saturated carbocycles. The predicted molar refractivity (Wildman–Crippen MR) is 78.9 cm³/mol. The molecule has 1 N–H and O–H groups in total. The van der Waals surface area contributed by atoms with Crippen LogP contribution in [0.5, 0.6) is 0 Å². The van der Waals surface area contributed by atoms with Gasteiger partial charge in [-0.2, -0.15) is 0 Å². The van der Waals surface area contributed by atoms with Gasteiger partial charge in [-0.15, -0.1) is 0 Å². The summed E-state index contributed by atoms with van der Waals surface area (Å²) in [6.45, 7) is 2.41. The van der Waals surface area contributed by atoms with Gasteiger partial charge in [-0.05, 0) is 30.9 Å². The number of ether oxygens (including phenoxy) is 1. The van der Waals surface area contributed by atoms with Crippen molar-refractivity contribution in [2.24, 2.45) is 0 Å². The topological polar surface area (TPSA) is 41.6 Å². The summed E-state index contributed by atoms with van der Waals surface area (Å²) >= 11 is 0. The molecule has 0 aliphatic carbocycles. The van der Waals surface area contributed by atoms with Crippen molar-refractivity contribution in [3.8, 4) is 0 Å². The van der Waals surface area contributed by atoms with Gasteiger partial charge in [0.1, 0.15) is 0 Å². The second-order valence-electron chi connectivity index (χ2n) is 5.71. The zero-order valence-electron chi connectivity index (χ0n) is 12.0. The average Bonchev–Trinajstić information content (AvgIpc) is 2.99. The van der Waals surface area contributed by atoms with Crippen LogP contribution >= 0.6 is 0 Å². The van der Waals surface area contributed by atoms with Crippen molar-refractivity contribution in [2.45, 2.75) is 31.3 Å². The number of anilines is 1. The Morgan fingerprint density at radius 1 is 1.40 bits per heavy atom. The highest BCUT2D eigenvalue weighted by Gasteiger charge is 2.30. The molecule has 1 aromatic carbocycles. The molecule has 0 radical (unpaired) electrons. The fourth-order valence-corrected chi connectivity index (χ4v) is 3.17. The number of amides is 1. The fraction of sp³-hybridized carbons (Fsp3) is 0.562. The van der Waals surface area contributed by atoms with E-state index in [9.17, 15) is 4.79 Å². The monoisotopic (exact) mass is 274 g/mol. The highest BCUT2D eigenvalue weighted by molar-refractivity contribution is 5.86. The molecule has 1 amide bonds. The largest absolute Gasteiger partial charge is 0.385 e. The van der Waals surface area contributed by atoms with Gasteiger partial charge in [-0.25, -0.2) is 0 Å². The molecule has 108 valence electrons. The maximum Gasteiger partial charge on any atom is 0.230 e. The molecule has 2 atom stereocenters. The number of carbonyl (C=O) groups is 1. The van der Waals surface area contributed by atoms with Gasteiger partial charge >= 0.3 is 0 Å². The zero-order valence-corrected chi connectivity index (χ0v) is 12.0. The minimum atomic E-state index is -0.0150. The second kappa shape index (κ2) is 5.83. The number of benzene rings is 1. The van der Waals surface area contributed by atoms with Crippen molar-refractivity contribution >= 4 is 11.6 Å². The van der Waals surface area contributed by atoms with Gasteiger partial charge in [0.15, 0.2) is 0 Å². The first-order chi connectivity index (χ1) is 9.75. The molecule has 0 bridgehead atoms. The van der Waals surface area contributed by atoms with Gasteiger partial charge in [0.2, 0.25) is 5.91 Å². The summed E-state index contributed by atoms with van der Waals surface area (Å²) in [4.78, 5) is 14.5. The van der Waals surface area contributed by atoms with E-state index in [0.29, 0.717) is 6.54 Å². The molecule has 0 aromatic heterocycles. The van der Waals surface area contributed by atoms with E-state index < -0.39 is 0 Å². The minimum absolute atomic E-state index is 0.0150. The number of nitrogens with one attached hydrogen (secondary N) is 1. The van der Waals surface area contributed by atoms with Crippen LogP contribution < -0.4 is 5.32 Å². The maximum atomic E-state index is 12.7. The molecule has 4 nitrogen and oxygen atoms in total. The van der Waals surface area contributed by atoms with Crippen molar-refractivity contribution in [2.75, 3.05) is 32.1 Å². The summed E-state index contributed by atoms with van der Waals surface area (Å²) in [6, 6.07) is 8.12. The van der Waals surface area contributed by atoms with Crippen molar-refractivity contribution in [1.29, 1.82) is 0 Å². The van der Waals surface area contributed by atoms with Crippen LogP contribution in [-0.4, -0.2) is 43.7 Å². The van der Waals surface area contributed by atoms with Crippen molar-refractivity contribution in [3.63, 3.8) is 0 Å². The van der Waals surface area contributed by atoms with Gasteiger partial charge in [-0.3, -0.25) is 4.79 Å². The lowest BCUT2D eigenvalue weighted by atomic mass is 9.90. The van der Waals surface area contributed by atoms with Crippen molar-refractivity contribution in [1.82, 2.24) is 4.90 Å². The molecule has 3 rings (SSSR count). The first-order valence-corrected chi connectivity index (χ1v) is 7.45. The van der Waals surface area contributed by atoms with E-state index in [1.54, 1.807) is 0 Å². The molecule has 1 fully saturated rings. The van der Waals surface area contributed by atoms with Gasteiger partial charge in [0.25, 0.3) is 0 Å². The Morgan fingerprint density at radius 3 is 3.05 bits per heavy atom. The summed E-state index contributed by atoms with van der Waals surface area (Å²) < 4.78 is 5.62. The molecule has 1 saturated heterocycles. The van der Waals surface area contributed by atoms with Crippen LogP contribution in [0, 0.1) is 0 Å². The fourth-order valence-electron chi connectivity index (χ4n) is 3.17. The average molecular weight is 274 g/mol. The lowest BCUT2D eigenvalue weighted by Gasteiger charge is -2.30. The SMILES string of the molecule is CN(CC1CCCO1)C(=O)C1CCNc2ccccc21. The maximum absolute atomic E-state index is 12.7. The lowest BCUT2D eigenvalue weighted by Crippen LogP contribution is -2.38. The van der Waals surface area contributed by atoms with Crippen LogP contribution in [0.15, 0.2) is 24.3 Å². The molecule has 2 heterocycles. The van der Waals surface area contributed by atoms with Gasteiger partial charge < -0.3 is 15.0 Å². The Bertz CT molecular complexity index is 483. The second-order valence-corrected chi connectivity index (χ2v) is 5.71. The number of nitrogens with zero attached hydrogens (tertiary/aromatic N) is 1. The van der Waals surface area contributed by atoms with E-state index in [2.05, 4.69) is 17.4 Å². The first kappa shape index (κ1) is 13.4. The van der Waals surface area contributed by atoms with Gasteiger partial charge in [-0.1, -0.05) is 18.2 Å². The predicted octanol–water partition coefficient (Wildman–Crippen LogP) is 2.22. The molecule has 0 spiro atoms. The van der Waals surface area contributed by atoms with Crippen LogP contribution in [0.2, 0.25) is 0 Å².